The Morgan fingerprint density at radius 1 is 1.08 bits per heavy atom. The second-order valence-corrected chi connectivity index (χ2v) is 2.96. The summed E-state index contributed by atoms with van der Waals surface area (Å²) < 4.78 is 0. The molecular weight excluding hydrogens is 162 g/mol. The minimum atomic E-state index is -0.923. The summed E-state index contributed by atoms with van der Waals surface area (Å²) in [7, 11) is 0. The maximum Gasteiger partial charge on any atom is 0.307 e. The van der Waals surface area contributed by atoms with Gasteiger partial charge in [-0.2, -0.15) is 0 Å². The molecule has 0 amide bonds. The summed E-state index contributed by atoms with van der Waals surface area (Å²) in [6, 6.07) is 0. The van der Waals surface area contributed by atoms with Crippen molar-refractivity contribution in [3.05, 3.63) is 0 Å². The smallest absolute Gasteiger partial charge is 0.307 e. The van der Waals surface area contributed by atoms with Crippen LogP contribution in [-0.4, -0.2) is 35.2 Å². The van der Waals surface area contributed by atoms with Crippen molar-refractivity contribution in [1.82, 2.24) is 5.32 Å². The first-order chi connectivity index (χ1) is 5.61. The Labute approximate surface area is 69.4 Å². The van der Waals surface area contributed by atoms with Crippen molar-refractivity contribution in [2.45, 2.75) is 6.42 Å². The van der Waals surface area contributed by atoms with E-state index in [4.69, 9.17) is 10.2 Å². The molecule has 1 fully saturated rings. The van der Waals surface area contributed by atoms with E-state index in [9.17, 15) is 9.59 Å². The number of carboxylic acid groups (broad SMARTS) is 2. The van der Waals surface area contributed by atoms with Gasteiger partial charge >= 0.3 is 11.9 Å². The number of rotatable bonds is 2. The van der Waals surface area contributed by atoms with Crippen molar-refractivity contribution >= 4 is 11.9 Å². The highest BCUT2D eigenvalue weighted by Crippen LogP contribution is 2.16. The predicted octanol–water partition coefficient (Wildman–Crippen LogP) is -0.619. The Balaban J connectivity index is 2.51. The van der Waals surface area contributed by atoms with Gasteiger partial charge in [-0.1, -0.05) is 0 Å². The highest BCUT2D eigenvalue weighted by molar-refractivity contribution is 5.74. The Hall–Kier alpha value is -1.10. The van der Waals surface area contributed by atoms with Crippen LogP contribution in [0.3, 0.4) is 0 Å². The third-order valence-electron chi connectivity index (χ3n) is 2.05. The summed E-state index contributed by atoms with van der Waals surface area (Å²) in [4.78, 5) is 21.0. The molecule has 12 heavy (non-hydrogen) atoms. The van der Waals surface area contributed by atoms with Crippen molar-refractivity contribution in [1.29, 1.82) is 0 Å². The highest BCUT2D eigenvalue weighted by atomic mass is 16.4. The van der Waals surface area contributed by atoms with Crippen LogP contribution < -0.4 is 5.32 Å². The van der Waals surface area contributed by atoms with Crippen LogP contribution in [0, 0.1) is 11.8 Å². The summed E-state index contributed by atoms with van der Waals surface area (Å²) in [5.41, 5.74) is 0. The van der Waals surface area contributed by atoms with E-state index in [1.54, 1.807) is 0 Å². The molecule has 1 rings (SSSR count). The first-order valence-electron chi connectivity index (χ1n) is 3.77. The fourth-order valence-corrected chi connectivity index (χ4v) is 1.32. The lowest BCUT2D eigenvalue weighted by Crippen LogP contribution is -2.42. The van der Waals surface area contributed by atoms with Gasteiger partial charge in [0.25, 0.3) is 0 Å². The molecule has 5 heteroatoms. The first-order valence-corrected chi connectivity index (χ1v) is 3.77. The summed E-state index contributed by atoms with van der Waals surface area (Å²) in [6.07, 6.45) is 0.234. The van der Waals surface area contributed by atoms with E-state index in [-0.39, 0.29) is 6.42 Å². The lowest BCUT2D eigenvalue weighted by atomic mass is 9.91. The molecule has 0 aliphatic carbocycles. The molecule has 68 valence electrons. The van der Waals surface area contributed by atoms with E-state index >= 15 is 0 Å². The van der Waals surface area contributed by atoms with Crippen LogP contribution in [0.5, 0.6) is 0 Å². The molecule has 1 heterocycles. The zero-order valence-corrected chi connectivity index (χ0v) is 6.49. The van der Waals surface area contributed by atoms with Gasteiger partial charge in [-0.25, -0.2) is 0 Å². The Bertz CT molecular complexity index is 184. The van der Waals surface area contributed by atoms with Gasteiger partial charge in [0.2, 0.25) is 0 Å². The zero-order chi connectivity index (χ0) is 9.14. The number of hydrogen-bond donors (Lipinski definition) is 3. The molecule has 0 radical (unpaired) electrons. The number of carboxylic acids is 2. The third kappa shape index (κ3) is 1.94. The lowest BCUT2D eigenvalue weighted by Gasteiger charge is -2.24. The second kappa shape index (κ2) is 3.53. The van der Waals surface area contributed by atoms with Crippen molar-refractivity contribution in [3.63, 3.8) is 0 Å². The Morgan fingerprint density at radius 2 is 1.50 bits per heavy atom. The minimum absolute atomic E-state index is 0.234. The average molecular weight is 173 g/mol. The first kappa shape index (κ1) is 8.99. The quantitative estimate of drug-likeness (QED) is 0.518. The fraction of sp³-hybridized carbons (Fsp3) is 0.714. The van der Waals surface area contributed by atoms with Crippen LogP contribution >= 0.6 is 0 Å². The number of aliphatic carboxylic acids is 2. The Kier molecular flexibility index (Phi) is 2.65. The molecule has 0 aromatic carbocycles. The SMILES string of the molecule is O=C(O)C1CNCC(C(=O)O)C1. The van der Waals surface area contributed by atoms with Gasteiger partial charge in [0, 0.05) is 13.1 Å². The fourth-order valence-electron chi connectivity index (χ4n) is 1.32. The van der Waals surface area contributed by atoms with Crippen LogP contribution in [-0.2, 0) is 9.59 Å². The van der Waals surface area contributed by atoms with Crippen molar-refractivity contribution in [2.75, 3.05) is 13.1 Å². The standard InChI is InChI=1S/C7H11NO4/c9-6(10)4-1-5(7(11)12)3-8-2-4/h4-5,8H,1-3H2,(H,9,10)(H,11,12). The van der Waals surface area contributed by atoms with Crippen LogP contribution in [0.25, 0.3) is 0 Å². The summed E-state index contributed by atoms with van der Waals surface area (Å²) in [6.45, 7) is 0.748. The van der Waals surface area contributed by atoms with Crippen LogP contribution in [0.1, 0.15) is 6.42 Å². The second-order valence-electron chi connectivity index (χ2n) is 2.96. The molecule has 2 atom stereocenters. The van der Waals surface area contributed by atoms with E-state index in [0.29, 0.717) is 13.1 Å². The maximum atomic E-state index is 10.5. The van der Waals surface area contributed by atoms with Gasteiger partial charge in [0.05, 0.1) is 11.8 Å². The Morgan fingerprint density at radius 3 is 1.83 bits per heavy atom. The van der Waals surface area contributed by atoms with Crippen LogP contribution in [0.2, 0.25) is 0 Å². The van der Waals surface area contributed by atoms with Gasteiger partial charge in [0.15, 0.2) is 0 Å². The van der Waals surface area contributed by atoms with Gasteiger partial charge in [-0.3, -0.25) is 9.59 Å². The van der Waals surface area contributed by atoms with Crippen LogP contribution in [0.15, 0.2) is 0 Å². The molecule has 0 aromatic rings. The van der Waals surface area contributed by atoms with E-state index in [0.717, 1.165) is 0 Å². The molecule has 0 spiro atoms. The topological polar surface area (TPSA) is 86.6 Å². The molecule has 0 saturated carbocycles. The number of nitrogens with one attached hydrogen (secondary N) is 1. The van der Waals surface area contributed by atoms with E-state index in [1.165, 1.54) is 0 Å². The van der Waals surface area contributed by atoms with E-state index < -0.39 is 23.8 Å². The summed E-state index contributed by atoms with van der Waals surface area (Å²) >= 11 is 0. The molecular formula is C7H11NO4. The number of hydrogen-bond acceptors (Lipinski definition) is 3. The van der Waals surface area contributed by atoms with Crippen molar-refractivity contribution in [2.24, 2.45) is 11.8 Å². The third-order valence-corrected chi connectivity index (χ3v) is 2.05. The number of piperidine rings is 1. The van der Waals surface area contributed by atoms with Gasteiger partial charge in [0.1, 0.15) is 0 Å². The molecule has 0 bridgehead atoms. The zero-order valence-electron chi connectivity index (χ0n) is 6.49. The predicted molar refractivity (Wildman–Crippen MR) is 39.7 cm³/mol. The van der Waals surface area contributed by atoms with E-state index in [2.05, 4.69) is 5.32 Å². The summed E-state index contributed by atoms with van der Waals surface area (Å²) in [5.74, 6) is -2.96. The molecule has 3 N–H and O–H groups in total. The normalized spacial score (nSPS) is 29.7. The largest absolute Gasteiger partial charge is 0.481 e. The monoisotopic (exact) mass is 173 g/mol. The minimum Gasteiger partial charge on any atom is -0.481 e. The highest BCUT2D eigenvalue weighted by Gasteiger charge is 2.30. The van der Waals surface area contributed by atoms with Gasteiger partial charge < -0.3 is 15.5 Å². The molecule has 5 nitrogen and oxygen atoms in total. The maximum absolute atomic E-state index is 10.5. The number of carbonyl (C=O) groups is 2. The van der Waals surface area contributed by atoms with Crippen molar-refractivity contribution in [3.8, 4) is 0 Å². The molecule has 1 aliphatic heterocycles. The van der Waals surface area contributed by atoms with Crippen molar-refractivity contribution < 1.29 is 19.8 Å². The molecule has 0 aromatic heterocycles. The van der Waals surface area contributed by atoms with Crippen LogP contribution in [0.4, 0.5) is 0 Å². The van der Waals surface area contributed by atoms with E-state index in [1.807, 2.05) is 0 Å². The molecule has 2 unspecified atom stereocenters. The van der Waals surface area contributed by atoms with Gasteiger partial charge in [-0.05, 0) is 6.42 Å². The molecule has 1 aliphatic rings. The average Bonchev–Trinajstić information content (AvgIpc) is 2.04. The summed E-state index contributed by atoms with van der Waals surface area (Å²) in [5, 5.41) is 20.0. The lowest BCUT2D eigenvalue weighted by molar-refractivity contribution is -0.146. The van der Waals surface area contributed by atoms with Gasteiger partial charge in [-0.15, -0.1) is 0 Å². The molecule has 1 saturated heterocycles.